The van der Waals surface area contributed by atoms with Gasteiger partial charge in [-0.1, -0.05) is 0 Å². The molecular weight excluding hydrogens is 224 g/mol. The standard InChI is InChI=1S/2C4H8O4/c2*5-1-3(7)4(8)2-6/h2*3,5-7H,1-2H2/t2*3-/m11/s1. The van der Waals surface area contributed by atoms with Crippen LogP contribution in [0.3, 0.4) is 0 Å². The molecule has 16 heavy (non-hydrogen) atoms. The summed E-state index contributed by atoms with van der Waals surface area (Å²) in [6, 6.07) is 0. The number of rotatable bonds is 6. The smallest absolute Gasteiger partial charge is 0.188 e. The van der Waals surface area contributed by atoms with Gasteiger partial charge in [0.05, 0.1) is 13.2 Å². The van der Waals surface area contributed by atoms with Crippen LogP contribution in [0.25, 0.3) is 0 Å². The van der Waals surface area contributed by atoms with Crippen LogP contribution in [0.1, 0.15) is 0 Å². The van der Waals surface area contributed by atoms with Gasteiger partial charge in [-0.3, -0.25) is 9.59 Å². The number of hydrogen-bond donors (Lipinski definition) is 6. The molecule has 96 valence electrons. The van der Waals surface area contributed by atoms with Crippen molar-refractivity contribution in [3.05, 3.63) is 0 Å². The van der Waals surface area contributed by atoms with Crippen molar-refractivity contribution in [1.29, 1.82) is 0 Å². The molecule has 0 amide bonds. The van der Waals surface area contributed by atoms with Gasteiger partial charge in [-0.05, 0) is 0 Å². The predicted octanol–water partition coefficient (Wildman–Crippen LogP) is -4.20. The highest BCUT2D eigenvalue weighted by Gasteiger charge is 2.10. The summed E-state index contributed by atoms with van der Waals surface area (Å²) in [5.41, 5.74) is 0. The first kappa shape index (κ1) is 17.5. The SMILES string of the molecule is O=C(CO)[C@H](O)CO.O=C(CO)[C@H](O)CO. The summed E-state index contributed by atoms with van der Waals surface area (Å²) in [5.74, 6) is -1.51. The Labute approximate surface area is 91.4 Å². The number of carbonyl (C=O) groups is 2. The number of carbonyl (C=O) groups excluding carboxylic acids is 2. The van der Waals surface area contributed by atoms with Crippen LogP contribution >= 0.6 is 0 Å². The highest BCUT2D eigenvalue weighted by Crippen LogP contribution is 1.81. The maximum absolute atomic E-state index is 10.1. The second-order valence-corrected chi connectivity index (χ2v) is 2.65. The summed E-state index contributed by atoms with van der Waals surface area (Å²) in [4.78, 5) is 20.2. The summed E-state index contributed by atoms with van der Waals surface area (Å²) >= 11 is 0. The summed E-state index contributed by atoms with van der Waals surface area (Å²) < 4.78 is 0. The Morgan fingerprint density at radius 3 is 1.06 bits per heavy atom. The minimum atomic E-state index is -1.42. The maximum atomic E-state index is 10.1. The van der Waals surface area contributed by atoms with Crippen molar-refractivity contribution in [2.45, 2.75) is 12.2 Å². The van der Waals surface area contributed by atoms with E-state index in [0.717, 1.165) is 0 Å². The third-order valence-electron chi connectivity index (χ3n) is 1.40. The third-order valence-corrected chi connectivity index (χ3v) is 1.40. The minimum Gasteiger partial charge on any atom is -0.393 e. The zero-order valence-corrected chi connectivity index (χ0v) is 8.48. The fraction of sp³-hybridized carbons (Fsp3) is 0.750. The van der Waals surface area contributed by atoms with Gasteiger partial charge in [-0.2, -0.15) is 0 Å². The molecule has 0 fully saturated rings. The summed E-state index contributed by atoms with van der Waals surface area (Å²) in [6.45, 7) is -2.69. The van der Waals surface area contributed by atoms with Crippen molar-refractivity contribution in [2.24, 2.45) is 0 Å². The van der Waals surface area contributed by atoms with Crippen molar-refractivity contribution < 1.29 is 40.2 Å². The number of aliphatic hydroxyl groups is 6. The Kier molecular flexibility index (Phi) is 11.6. The fourth-order valence-electron chi connectivity index (χ4n) is 0.414. The van der Waals surface area contributed by atoms with Crippen LogP contribution in [0.4, 0.5) is 0 Å². The average Bonchev–Trinajstić information content (AvgIpc) is 2.35. The Morgan fingerprint density at radius 1 is 0.750 bits per heavy atom. The molecule has 0 aromatic heterocycles. The highest BCUT2D eigenvalue weighted by molar-refractivity contribution is 5.84. The van der Waals surface area contributed by atoms with Crippen LogP contribution in [0.15, 0.2) is 0 Å². The molecule has 0 aliphatic rings. The van der Waals surface area contributed by atoms with Gasteiger partial charge in [0.1, 0.15) is 25.4 Å². The summed E-state index contributed by atoms with van der Waals surface area (Å²) in [6.07, 6.45) is -2.83. The van der Waals surface area contributed by atoms with Gasteiger partial charge in [-0.15, -0.1) is 0 Å². The zero-order chi connectivity index (χ0) is 13.1. The Morgan fingerprint density at radius 2 is 1.00 bits per heavy atom. The zero-order valence-electron chi connectivity index (χ0n) is 8.48. The molecule has 0 radical (unpaired) electrons. The van der Waals surface area contributed by atoms with E-state index in [1.165, 1.54) is 0 Å². The quantitative estimate of drug-likeness (QED) is 0.273. The lowest BCUT2D eigenvalue weighted by Crippen LogP contribution is -2.26. The molecule has 0 rings (SSSR count). The second kappa shape index (κ2) is 10.6. The molecule has 0 heterocycles. The van der Waals surface area contributed by atoms with Gasteiger partial charge < -0.3 is 30.6 Å². The highest BCUT2D eigenvalue weighted by atomic mass is 16.3. The van der Waals surface area contributed by atoms with E-state index in [9.17, 15) is 9.59 Å². The van der Waals surface area contributed by atoms with E-state index in [2.05, 4.69) is 0 Å². The number of Topliss-reactive ketones (excluding diaryl/α,β-unsaturated/α-hetero) is 2. The van der Waals surface area contributed by atoms with Gasteiger partial charge in [0.2, 0.25) is 0 Å². The Bertz CT molecular complexity index is 182. The van der Waals surface area contributed by atoms with E-state index in [1.807, 2.05) is 0 Å². The van der Waals surface area contributed by atoms with E-state index in [-0.39, 0.29) is 0 Å². The van der Waals surface area contributed by atoms with Crippen molar-refractivity contribution in [1.82, 2.24) is 0 Å². The Balaban J connectivity index is 0. The molecular formula is C8H16O8. The molecule has 0 aromatic rings. The van der Waals surface area contributed by atoms with E-state index >= 15 is 0 Å². The predicted molar refractivity (Wildman–Crippen MR) is 50.4 cm³/mol. The first-order valence-electron chi connectivity index (χ1n) is 4.29. The van der Waals surface area contributed by atoms with Crippen LogP contribution in [0.2, 0.25) is 0 Å². The molecule has 0 unspecified atom stereocenters. The topological polar surface area (TPSA) is 156 Å². The molecule has 2 atom stereocenters. The van der Waals surface area contributed by atoms with E-state index in [4.69, 9.17) is 30.6 Å². The minimum absolute atomic E-state index is 0.626. The first-order chi connectivity index (χ1) is 7.44. The molecule has 0 aliphatic heterocycles. The van der Waals surface area contributed by atoms with E-state index < -0.39 is 50.2 Å². The van der Waals surface area contributed by atoms with Crippen LogP contribution in [-0.4, -0.2) is 80.8 Å². The maximum Gasteiger partial charge on any atom is 0.188 e. The monoisotopic (exact) mass is 240 g/mol. The lowest BCUT2D eigenvalue weighted by atomic mass is 10.3. The fourth-order valence-corrected chi connectivity index (χ4v) is 0.414. The van der Waals surface area contributed by atoms with Crippen LogP contribution in [-0.2, 0) is 9.59 Å². The molecule has 8 heteroatoms. The van der Waals surface area contributed by atoms with E-state index in [0.29, 0.717) is 0 Å². The lowest BCUT2D eigenvalue weighted by Gasteiger charge is -2.00. The summed E-state index contributed by atoms with van der Waals surface area (Å²) in [5, 5.41) is 48.9. The van der Waals surface area contributed by atoms with Crippen molar-refractivity contribution in [2.75, 3.05) is 26.4 Å². The number of hydrogen-bond acceptors (Lipinski definition) is 8. The van der Waals surface area contributed by atoms with Crippen LogP contribution in [0.5, 0.6) is 0 Å². The van der Waals surface area contributed by atoms with Gasteiger partial charge in [0.25, 0.3) is 0 Å². The van der Waals surface area contributed by atoms with Crippen LogP contribution in [0, 0.1) is 0 Å². The van der Waals surface area contributed by atoms with Gasteiger partial charge in [0, 0.05) is 0 Å². The molecule has 0 bridgehead atoms. The van der Waals surface area contributed by atoms with Crippen LogP contribution < -0.4 is 0 Å². The normalized spacial score (nSPS) is 13.4. The van der Waals surface area contributed by atoms with Gasteiger partial charge in [-0.25, -0.2) is 0 Å². The molecule has 0 spiro atoms. The average molecular weight is 240 g/mol. The molecule has 0 saturated heterocycles. The number of aliphatic hydroxyl groups excluding tert-OH is 6. The second-order valence-electron chi connectivity index (χ2n) is 2.65. The van der Waals surface area contributed by atoms with Crippen molar-refractivity contribution in [3.8, 4) is 0 Å². The Hall–Kier alpha value is -0.900. The van der Waals surface area contributed by atoms with Crippen molar-refractivity contribution >= 4 is 11.6 Å². The summed E-state index contributed by atoms with van der Waals surface area (Å²) in [7, 11) is 0. The molecule has 8 nitrogen and oxygen atoms in total. The first-order valence-corrected chi connectivity index (χ1v) is 4.29. The van der Waals surface area contributed by atoms with Gasteiger partial charge in [0.15, 0.2) is 11.6 Å². The largest absolute Gasteiger partial charge is 0.393 e. The molecule has 0 saturated carbocycles. The van der Waals surface area contributed by atoms with Crippen molar-refractivity contribution in [3.63, 3.8) is 0 Å². The van der Waals surface area contributed by atoms with Gasteiger partial charge >= 0.3 is 0 Å². The van der Waals surface area contributed by atoms with E-state index in [1.54, 1.807) is 0 Å². The molecule has 0 aliphatic carbocycles. The third kappa shape index (κ3) is 8.41. The number of ketones is 2. The molecule has 0 aromatic carbocycles. The molecule has 6 N–H and O–H groups in total. The lowest BCUT2D eigenvalue weighted by molar-refractivity contribution is -0.132.